The number of amides is 1. The average Bonchev–Trinajstić information content (AvgIpc) is 2.92. The fourth-order valence-electron chi connectivity index (χ4n) is 3.20. The third-order valence-electron chi connectivity index (χ3n) is 4.43. The molecular weight excluding hydrogens is 281 g/mol. The summed E-state index contributed by atoms with van der Waals surface area (Å²) in [4.78, 5) is 15.4. The van der Waals surface area contributed by atoms with Crippen molar-refractivity contribution in [3.8, 4) is 6.07 Å². The van der Waals surface area contributed by atoms with E-state index in [-0.39, 0.29) is 11.7 Å². The van der Waals surface area contributed by atoms with Crippen molar-refractivity contribution in [2.24, 2.45) is 0 Å². The van der Waals surface area contributed by atoms with Gasteiger partial charge in [0.05, 0.1) is 6.07 Å². The van der Waals surface area contributed by atoms with Gasteiger partial charge in [0.25, 0.3) is 5.91 Å². The smallest absolute Gasteiger partial charge is 0.268 e. The normalized spacial score (nSPS) is 17.1. The number of benzene rings is 1. The number of rotatable bonds is 2. The van der Waals surface area contributed by atoms with Gasteiger partial charge in [-0.05, 0) is 43.5 Å². The summed E-state index contributed by atoms with van der Waals surface area (Å²) in [5.74, 6) is -0.640. The van der Waals surface area contributed by atoms with Crippen molar-refractivity contribution in [1.82, 2.24) is 10.3 Å². The Bertz CT molecular complexity index is 766. The van der Waals surface area contributed by atoms with Crippen LogP contribution >= 0.6 is 0 Å². The van der Waals surface area contributed by atoms with Crippen LogP contribution in [0.2, 0.25) is 0 Å². The number of halogens is 1. The molecule has 0 radical (unpaired) electrons. The fourth-order valence-corrected chi connectivity index (χ4v) is 3.20. The summed E-state index contributed by atoms with van der Waals surface area (Å²) in [6, 6.07) is 6.80. The summed E-state index contributed by atoms with van der Waals surface area (Å²) in [5.41, 5.74) is 0.964. The highest BCUT2D eigenvalue weighted by molar-refractivity contribution is 5.99. The lowest BCUT2D eigenvalue weighted by atomic mass is 9.83. The molecule has 1 fully saturated rings. The molecule has 22 heavy (non-hydrogen) atoms. The first-order valence-electron chi connectivity index (χ1n) is 7.56. The first kappa shape index (κ1) is 14.6. The number of fused-ring (bicyclic) bond motifs is 1. The Morgan fingerprint density at radius 2 is 2.05 bits per heavy atom. The van der Waals surface area contributed by atoms with Crippen molar-refractivity contribution in [3.05, 3.63) is 35.3 Å². The van der Waals surface area contributed by atoms with Gasteiger partial charge in [-0.3, -0.25) is 4.79 Å². The zero-order valence-corrected chi connectivity index (χ0v) is 12.5. The van der Waals surface area contributed by atoms with Gasteiger partial charge in [-0.25, -0.2) is 4.39 Å². The first-order chi connectivity index (χ1) is 10.5. The van der Waals surface area contributed by atoms with Crippen LogP contribution in [0.25, 0.3) is 10.9 Å². The van der Waals surface area contributed by atoms with Gasteiger partial charge in [-0.1, -0.05) is 19.3 Å². The minimum Gasteiger partial charge on any atom is -0.350 e. The molecule has 1 saturated carbocycles. The van der Waals surface area contributed by atoms with Gasteiger partial charge in [-0.15, -0.1) is 0 Å². The molecule has 2 aromatic rings. The molecular formula is C17H18FN3O. The maximum Gasteiger partial charge on any atom is 0.268 e. The van der Waals surface area contributed by atoms with Crippen molar-refractivity contribution in [1.29, 1.82) is 5.26 Å². The number of aromatic amines is 1. The predicted octanol–water partition coefficient (Wildman–Crippen LogP) is 3.57. The molecule has 1 aromatic carbocycles. The summed E-state index contributed by atoms with van der Waals surface area (Å²) in [6.45, 7) is 1.80. The van der Waals surface area contributed by atoms with Gasteiger partial charge in [0.1, 0.15) is 17.1 Å². The molecule has 5 heteroatoms. The summed E-state index contributed by atoms with van der Waals surface area (Å²) in [7, 11) is 0. The van der Waals surface area contributed by atoms with E-state index >= 15 is 0 Å². The lowest BCUT2D eigenvalue weighted by molar-refractivity contribution is 0.0898. The Morgan fingerprint density at radius 1 is 1.32 bits per heavy atom. The number of carbonyl (C=O) groups excluding carboxylic acids is 1. The Hall–Kier alpha value is -2.35. The number of nitrogens with one attached hydrogen (secondary N) is 2. The maximum absolute atomic E-state index is 13.4. The number of nitrogens with zero attached hydrogens (tertiary/aromatic N) is 1. The lowest BCUT2D eigenvalue weighted by Crippen LogP contribution is -2.48. The predicted molar refractivity (Wildman–Crippen MR) is 81.9 cm³/mol. The summed E-state index contributed by atoms with van der Waals surface area (Å²) >= 11 is 0. The van der Waals surface area contributed by atoms with E-state index in [2.05, 4.69) is 16.4 Å². The van der Waals surface area contributed by atoms with Crippen LogP contribution < -0.4 is 5.32 Å². The number of nitriles is 1. The van der Waals surface area contributed by atoms with Crippen molar-refractivity contribution in [3.63, 3.8) is 0 Å². The van der Waals surface area contributed by atoms with Gasteiger partial charge < -0.3 is 10.3 Å². The Balaban J connectivity index is 1.89. The zero-order chi connectivity index (χ0) is 15.7. The Kier molecular flexibility index (Phi) is 3.61. The quantitative estimate of drug-likeness (QED) is 0.890. The number of aryl methyl sites for hydroxylation is 1. The lowest BCUT2D eigenvalue weighted by Gasteiger charge is -2.31. The topological polar surface area (TPSA) is 68.7 Å². The zero-order valence-electron chi connectivity index (χ0n) is 12.5. The molecule has 0 aliphatic heterocycles. The van der Waals surface area contributed by atoms with Gasteiger partial charge >= 0.3 is 0 Å². The molecule has 3 rings (SSSR count). The molecule has 114 valence electrons. The highest BCUT2D eigenvalue weighted by Crippen LogP contribution is 2.28. The van der Waals surface area contributed by atoms with E-state index in [1.807, 2.05) is 0 Å². The third-order valence-corrected chi connectivity index (χ3v) is 4.43. The molecule has 0 spiro atoms. The second kappa shape index (κ2) is 5.45. The molecule has 0 atom stereocenters. The minimum atomic E-state index is -0.771. The van der Waals surface area contributed by atoms with Crippen LogP contribution in [0.3, 0.4) is 0 Å². The largest absolute Gasteiger partial charge is 0.350 e. The molecule has 1 amide bonds. The van der Waals surface area contributed by atoms with E-state index in [1.54, 1.807) is 13.0 Å². The van der Waals surface area contributed by atoms with Crippen LogP contribution in [0.15, 0.2) is 18.2 Å². The van der Waals surface area contributed by atoms with Gasteiger partial charge in [0.2, 0.25) is 0 Å². The van der Waals surface area contributed by atoms with Gasteiger partial charge in [0, 0.05) is 10.9 Å². The minimum absolute atomic E-state index is 0.306. The van der Waals surface area contributed by atoms with Crippen LogP contribution in [0, 0.1) is 24.1 Å². The summed E-state index contributed by atoms with van der Waals surface area (Å²) in [5, 5.41) is 13.1. The van der Waals surface area contributed by atoms with E-state index in [1.165, 1.54) is 12.1 Å². The first-order valence-corrected chi connectivity index (χ1v) is 7.56. The average molecular weight is 299 g/mol. The summed E-state index contributed by atoms with van der Waals surface area (Å²) < 4.78 is 13.4. The number of H-pyrrole nitrogens is 1. The number of aromatic nitrogens is 1. The van der Waals surface area contributed by atoms with Crippen LogP contribution in [0.4, 0.5) is 4.39 Å². The number of hydrogen-bond donors (Lipinski definition) is 2. The third kappa shape index (κ3) is 2.57. The van der Waals surface area contributed by atoms with Crippen molar-refractivity contribution in [2.45, 2.75) is 44.6 Å². The molecule has 0 unspecified atom stereocenters. The van der Waals surface area contributed by atoms with Gasteiger partial charge in [0.15, 0.2) is 0 Å². The van der Waals surface area contributed by atoms with Crippen LogP contribution in [-0.2, 0) is 0 Å². The SMILES string of the molecule is Cc1cc(F)cc2[nH]c(C(=O)NC3(C#N)CCCCC3)cc12. The highest BCUT2D eigenvalue weighted by atomic mass is 19.1. The van der Waals surface area contributed by atoms with Crippen molar-refractivity contribution < 1.29 is 9.18 Å². The number of carbonyl (C=O) groups is 1. The second-order valence-electron chi connectivity index (χ2n) is 6.08. The standard InChI is InChI=1S/C17H18FN3O/c1-11-7-12(18)8-14-13(11)9-15(20-14)16(22)21-17(10-19)5-3-2-4-6-17/h7-9,20H,2-6H2,1H3,(H,21,22). The van der Waals surface area contributed by atoms with E-state index in [0.717, 1.165) is 30.2 Å². The molecule has 1 aromatic heterocycles. The number of hydrogen-bond acceptors (Lipinski definition) is 2. The molecule has 4 nitrogen and oxygen atoms in total. The maximum atomic E-state index is 13.4. The highest BCUT2D eigenvalue weighted by Gasteiger charge is 2.34. The second-order valence-corrected chi connectivity index (χ2v) is 6.08. The molecule has 0 saturated heterocycles. The van der Waals surface area contributed by atoms with Crippen molar-refractivity contribution in [2.75, 3.05) is 0 Å². The van der Waals surface area contributed by atoms with E-state index in [9.17, 15) is 14.4 Å². The molecule has 1 aliphatic carbocycles. The summed E-state index contributed by atoms with van der Waals surface area (Å²) in [6.07, 6.45) is 4.37. The van der Waals surface area contributed by atoms with Crippen LogP contribution in [0.5, 0.6) is 0 Å². The Labute approximate surface area is 128 Å². The molecule has 1 heterocycles. The van der Waals surface area contributed by atoms with Crippen LogP contribution in [-0.4, -0.2) is 16.4 Å². The van der Waals surface area contributed by atoms with E-state index < -0.39 is 5.54 Å². The van der Waals surface area contributed by atoms with Crippen molar-refractivity contribution >= 4 is 16.8 Å². The molecule has 0 bridgehead atoms. The van der Waals surface area contributed by atoms with E-state index in [0.29, 0.717) is 24.1 Å². The van der Waals surface area contributed by atoms with E-state index in [4.69, 9.17) is 0 Å². The van der Waals surface area contributed by atoms with Crippen LogP contribution in [0.1, 0.15) is 48.2 Å². The Morgan fingerprint density at radius 3 is 2.73 bits per heavy atom. The van der Waals surface area contributed by atoms with Gasteiger partial charge in [-0.2, -0.15) is 5.26 Å². The fraction of sp³-hybridized carbons (Fsp3) is 0.412. The monoisotopic (exact) mass is 299 g/mol. The molecule has 2 N–H and O–H groups in total. The molecule has 1 aliphatic rings.